The van der Waals surface area contributed by atoms with Crippen LogP contribution in [0.5, 0.6) is 0 Å². The number of hydrogen-bond acceptors (Lipinski definition) is 6. The molecule has 0 radical (unpaired) electrons. The molecule has 0 spiro atoms. The van der Waals surface area contributed by atoms with Crippen molar-refractivity contribution in [3.8, 4) is 11.4 Å². The van der Waals surface area contributed by atoms with Gasteiger partial charge in [-0.05, 0) is 67.8 Å². The minimum atomic E-state index is -0.494. The standard InChI is InChI=1S/C22H21ClN2O4/c1-13-10-15(3)18(11-14(13)2)19(26)12-28-21(27)9-8-20-24-22(25-29-20)16-4-6-17(23)7-5-16/h4-7,10-11H,8-9,12H2,1-3H3. The van der Waals surface area contributed by atoms with E-state index in [9.17, 15) is 9.59 Å². The van der Waals surface area contributed by atoms with Gasteiger partial charge in [-0.1, -0.05) is 22.8 Å². The molecule has 0 fully saturated rings. The maximum atomic E-state index is 12.4. The van der Waals surface area contributed by atoms with E-state index in [0.717, 1.165) is 22.3 Å². The summed E-state index contributed by atoms with van der Waals surface area (Å²) in [6, 6.07) is 10.8. The number of benzene rings is 2. The van der Waals surface area contributed by atoms with Gasteiger partial charge in [0, 0.05) is 22.6 Å². The molecule has 0 saturated carbocycles. The fourth-order valence-corrected chi connectivity index (χ4v) is 2.96. The second-order valence-electron chi connectivity index (χ2n) is 6.85. The molecule has 0 unspecified atom stereocenters. The van der Waals surface area contributed by atoms with Crippen molar-refractivity contribution in [2.45, 2.75) is 33.6 Å². The van der Waals surface area contributed by atoms with Gasteiger partial charge in [0.1, 0.15) is 0 Å². The number of hydrogen-bond donors (Lipinski definition) is 0. The van der Waals surface area contributed by atoms with Crippen LogP contribution in [-0.2, 0) is 16.0 Å². The third-order valence-electron chi connectivity index (χ3n) is 4.62. The first-order valence-corrected chi connectivity index (χ1v) is 9.56. The Balaban J connectivity index is 1.51. The minimum Gasteiger partial charge on any atom is -0.457 e. The summed E-state index contributed by atoms with van der Waals surface area (Å²) in [5.41, 5.74) is 4.35. The van der Waals surface area contributed by atoms with Gasteiger partial charge in [0.2, 0.25) is 17.5 Å². The summed E-state index contributed by atoms with van der Waals surface area (Å²) in [5, 5.41) is 4.51. The van der Waals surface area contributed by atoms with Gasteiger partial charge in [-0.15, -0.1) is 0 Å². The monoisotopic (exact) mass is 412 g/mol. The van der Waals surface area contributed by atoms with Gasteiger partial charge < -0.3 is 9.26 Å². The van der Waals surface area contributed by atoms with E-state index in [1.165, 1.54) is 0 Å². The number of ketones is 1. The molecule has 0 aliphatic rings. The predicted octanol–water partition coefficient (Wildman–Crippen LogP) is 4.67. The molecule has 3 rings (SSSR count). The van der Waals surface area contributed by atoms with Crippen molar-refractivity contribution in [1.82, 2.24) is 10.1 Å². The lowest BCUT2D eigenvalue weighted by Crippen LogP contribution is -2.15. The van der Waals surface area contributed by atoms with E-state index in [1.807, 2.05) is 32.9 Å². The molecule has 1 heterocycles. The molecular weight excluding hydrogens is 392 g/mol. The molecular formula is C22H21ClN2O4. The summed E-state index contributed by atoms with van der Waals surface area (Å²) < 4.78 is 10.3. The molecule has 150 valence electrons. The summed E-state index contributed by atoms with van der Waals surface area (Å²) in [7, 11) is 0. The Morgan fingerprint density at radius 1 is 1.03 bits per heavy atom. The average molecular weight is 413 g/mol. The van der Waals surface area contributed by atoms with Gasteiger partial charge >= 0.3 is 5.97 Å². The van der Waals surface area contributed by atoms with Crippen LogP contribution in [0.3, 0.4) is 0 Å². The number of carbonyl (C=O) groups is 2. The Morgan fingerprint density at radius 3 is 2.45 bits per heavy atom. The summed E-state index contributed by atoms with van der Waals surface area (Å²) in [6.45, 7) is 5.52. The number of esters is 1. The highest BCUT2D eigenvalue weighted by atomic mass is 35.5. The number of nitrogens with zero attached hydrogens (tertiary/aromatic N) is 2. The highest BCUT2D eigenvalue weighted by molar-refractivity contribution is 6.30. The molecule has 0 amide bonds. The molecule has 0 aliphatic carbocycles. The Morgan fingerprint density at radius 2 is 1.72 bits per heavy atom. The molecule has 0 N–H and O–H groups in total. The van der Waals surface area contributed by atoms with Crippen molar-refractivity contribution < 1.29 is 18.8 Å². The van der Waals surface area contributed by atoms with E-state index in [-0.39, 0.29) is 25.2 Å². The van der Waals surface area contributed by atoms with Crippen LogP contribution >= 0.6 is 11.6 Å². The van der Waals surface area contributed by atoms with Crippen LogP contribution in [0.4, 0.5) is 0 Å². The average Bonchev–Trinajstić information content (AvgIpc) is 3.17. The van der Waals surface area contributed by atoms with Crippen molar-refractivity contribution in [2.75, 3.05) is 6.61 Å². The smallest absolute Gasteiger partial charge is 0.306 e. The minimum absolute atomic E-state index is 0.0431. The lowest BCUT2D eigenvalue weighted by atomic mass is 9.98. The van der Waals surface area contributed by atoms with E-state index in [0.29, 0.717) is 22.3 Å². The molecule has 3 aromatic rings. The number of aryl methyl sites for hydroxylation is 4. The van der Waals surface area contributed by atoms with Crippen LogP contribution in [0.15, 0.2) is 40.9 Å². The Bertz CT molecular complexity index is 1040. The van der Waals surface area contributed by atoms with Crippen molar-refractivity contribution in [1.29, 1.82) is 0 Å². The normalized spacial score (nSPS) is 10.8. The molecule has 0 saturated heterocycles. The van der Waals surface area contributed by atoms with E-state index in [4.69, 9.17) is 20.9 Å². The Hall–Kier alpha value is -2.99. The maximum Gasteiger partial charge on any atom is 0.306 e. The quantitative estimate of drug-likeness (QED) is 0.414. The van der Waals surface area contributed by atoms with Crippen LogP contribution in [0.1, 0.15) is 39.4 Å². The van der Waals surface area contributed by atoms with E-state index in [1.54, 1.807) is 24.3 Å². The maximum absolute atomic E-state index is 12.4. The molecule has 2 aromatic carbocycles. The number of carbonyl (C=O) groups excluding carboxylic acids is 2. The Kier molecular flexibility index (Phi) is 6.44. The van der Waals surface area contributed by atoms with Crippen LogP contribution < -0.4 is 0 Å². The molecule has 29 heavy (non-hydrogen) atoms. The lowest BCUT2D eigenvalue weighted by molar-refractivity contribution is -0.142. The summed E-state index contributed by atoms with van der Waals surface area (Å²) in [4.78, 5) is 28.6. The molecule has 0 bridgehead atoms. The largest absolute Gasteiger partial charge is 0.457 e. The zero-order chi connectivity index (χ0) is 21.0. The van der Waals surface area contributed by atoms with Gasteiger partial charge in [0.25, 0.3) is 0 Å². The third kappa shape index (κ3) is 5.29. The highest BCUT2D eigenvalue weighted by Crippen LogP contribution is 2.19. The molecule has 0 aliphatic heterocycles. The number of ether oxygens (including phenoxy) is 1. The third-order valence-corrected chi connectivity index (χ3v) is 4.87. The molecule has 7 heteroatoms. The van der Waals surface area contributed by atoms with Gasteiger partial charge in [-0.2, -0.15) is 4.98 Å². The second kappa shape index (κ2) is 9.01. The first-order valence-electron chi connectivity index (χ1n) is 9.18. The van der Waals surface area contributed by atoms with Gasteiger partial charge in [-0.25, -0.2) is 0 Å². The first kappa shape index (κ1) is 20.7. The first-order chi connectivity index (χ1) is 13.8. The fraction of sp³-hybridized carbons (Fsp3) is 0.273. The fourth-order valence-electron chi connectivity index (χ4n) is 2.84. The SMILES string of the molecule is Cc1cc(C)c(C(=O)COC(=O)CCc2nc(-c3ccc(Cl)cc3)no2)cc1C. The number of Topliss-reactive ketones (excluding diaryl/α,β-unsaturated/α-hetero) is 1. The molecule has 1 aromatic heterocycles. The van der Waals surface area contributed by atoms with Gasteiger partial charge in [0.05, 0.1) is 6.42 Å². The van der Waals surface area contributed by atoms with E-state index >= 15 is 0 Å². The number of rotatable bonds is 7. The van der Waals surface area contributed by atoms with Crippen LogP contribution in [0.2, 0.25) is 5.02 Å². The zero-order valence-corrected chi connectivity index (χ0v) is 17.2. The van der Waals surface area contributed by atoms with Crippen molar-refractivity contribution in [3.63, 3.8) is 0 Å². The second-order valence-corrected chi connectivity index (χ2v) is 7.29. The summed E-state index contributed by atoms with van der Waals surface area (Å²) in [6.07, 6.45) is 0.276. The van der Waals surface area contributed by atoms with Crippen LogP contribution in [0, 0.1) is 20.8 Å². The number of halogens is 1. The van der Waals surface area contributed by atoms with Crippen molar-refractivity contribution >= 4 is 23.4 Å². The Labute approximate surface area is 173 Å². The van der Waals surface area contributed by atoms with Gasteiger partial charge in [-0.3, -0.25) is 9.59 Å². The predicted molar refractivity (Wildman–Crippen MR) is 109 cm³/mol. The summed E-state index contributed by atoms with van der Waals surface area (Å²) in [5.74, 6) is 0.0292. The van der Waals surface area contributed by atoms with E-state index in [2.05, 4.69) is 10.1 Å². The van der Waals surface area contributed by atoms with Crippen molar-refractivity contribution in [2.24, 2.45) is 0 Å². The van der Waals surface area contributed by atoms with Crippen LogP contribution in [0.25, 0.3) is 11.4 Å². The van der Waals surface area contributed by atoms with E-state index < -0.39 is 5.97 Å². The topological polar surface area (TPSA) is 82.3 Å². The lowest BCUT2D eigenvalue weighted by Gasteiger charge is -2.09. The zero-order valence-electron chi connectivity index (χ0n) is 16.5. The number of aromatic nitrogens is 2. The van der Waals surface area contributed by atoms with Crippen LogP contribution in [-0.4, -0.2) is 28.5 Å². The summed E-state index contributed by atoms with van der Waals surface area (Å²) >= 11 is 5.86. The van der Waals surface area contributed by atoms with Crippen molar-refractivity contribution in [3.05, 3.63) is 69.6 Å². The molecule has 0 atom stereocenters. The van der Waals surface area contributed by atoms with Gasteiger partial charge in [0.15, 0.2) is 6.61 Å². The highest BCUT2D eigenvalue weighted by Gasteiger charge is 2.15. The molecule has 6 nitrogen and oxygen atoms in total.